The number of rotatable bonds is 6. The lowest BCUT2D eigenvalue weighted by Crippen LogP contribution is -1.96. The molecule has 0 N–H and O–H groups in total. The molecule has 2 heterocycles. The van der Waals surface area contributed by atoms with E-state index in [-0.39, 0.29) is 5.82 Å². The van der Waals surface area contributed by atoms with E-state index in [1.807, 2.05) is 36.4 Å². The quantitative estimate of drug-likeness (QED) is 0.301. The summed E-state index contributed by atoms with van der Waals surface area (Å²) in [5.74, 6) is 0.379. The van der Waals surface area contributed by atoms with Crippen LogP contribution in [0.3, 0.4) is 0 Å². The molecule has 150 valence electrons. The summed E-state index contributed by atoms with van der Waals surface area (Å²) in [4.78, 5) is 14.2. The van der Waals surface area contributed by atoms with Crippen molar-refractivity contribution in [2.24, 2.45) is 0 Å². The molecule has 4 aromatic rings. The van der Waals surface area contributed by atoms with Gasteiger partial charge in [0.1, 0.15) is 5.82 Å². The fourth-order valence-corrected chi connectivity index (χ4v) is 4.31. The van der Waals surface area contributed by atoms with Crippen molar-refractivity contribution in [1.29, 1.82) is 0 Å². The number of benzene rings is 2. The molecule has 7 heteroatoms. The summed E-state index contributed by atoms with van der Waals surface area (Å²) in [6.45, 7) is 0. The number of pyridine rings is 1. The highest BCUT2D eigenvalue weighted by Crippen LogP contribution is 2.32. The molecule has 0 aliphatic heterocycles. The minimum atomic E-state index is -1.02. The Hall–Kier alpha value is -2.90. The van der Waals surface area contributed by atoms with E-state index >= 15 is 0 Å². The third kappa shape index (κ3) is 4.80. The Kier molecular flexibility index (Phi) is 6.30. The van der Waals surface area contributed by atoms with Crippen molar-refractivity contribution in [3.8, 4) is 22.4 Å². The average Bonchev–Trinajstić information content (AvgIpc) is 2.79. The van der Waals surface area contributed by atoms with E-state index in [9.17, 15) is 8.60 Å². The third-order valence-corrected chi connectivity index (χ3v) is 6.32. The van der Waals surface area contributed by atoms with Gasteiger partial charge in [-0.25, -0.2) is 14.4 Å². The summed E-state index contributed by atoms with van der Waals surface area (Å²) in [5, 5.41) is 0.635. The van der Waals surface area contributed by atoms with E-state index < -0.39 is 10.8 Å². The van der Waals surface area contributed by atoms with Crippen LogP contribution in [-0.4, -0.2) is 25.4 Å². The van der Waals surface area contributed by atoms with Crippen LogP contribution in [0.25, 0.3) is 22.4 Å². The van der Waals surface area contributed by atoms with E-state index in [4.69, 9.17) is 4.98 Å². The molecule has 1 atom stereocenters. The molecule has 0 spiro atoms. The van der Waals surface area contributed by atoms with Gasteiger partial charge in [-0.2, -0.15) is 0 Å². The van der Waals surface area contributed by atoms with Gasteiger partial charge in [0.15, 0.2) is 5.16 Å². The zero-order valence-corrected chi connectivity index (χ0v) is 17.8. The third-order valence-electron chi connectivity index (χ3n) is 4.47. The first-order chi connectivity index (χ1) is 14.6. The lowest BCUT2D eigenvalue weighted by Gasteiger charge is -2.11. The number of thioether (sulfide) groups is 1. The van der Waals surface area contributed by atoms with Crippen molar-refractivity contribution in [1.82, 2.24) is 15.0 Å². The number of halogens is 1. The normalized spacial score (nSPS) is 11.9. The lowest BCUT2D eigenvalue weighted by molar-refractivity contribution is 0.628. The first-order valence-corrected chi connectivity index (χ1v) is 11.7. The van der Waals surface area contributed by atoms with Crippen LogP contribution in [0.1, 0.15) is 5.56 Å². The molecule has 0 bridgehead atoms. The maximum atomic E-state index is 13.4. The SMILES string of the molecule is CS(=O)c1cccc(CSc2ncc(-c3ccc(F)cc3)c(-c3ccncc3)n2)c1. The maximum Gasteiger partial charge on any atom is 0.188 e. The number of hydrogen-bond donors (Lipinski definition) is 0. The molecule has 0 radical (unpaired) electrons. The minimum Gasteiger partial charge on any atom is -0.265 e. The Balaban J connectivity index is 1.66. The van der Waals surface area contributed by atoms with Gasteiger partial charge in [-0.3, -0.25) is 9.19 Å². The lowest BCUT2D eigenvalue weighted by atomic mass is 10.0. The summed E-state index contributed by atoms with van der Waals surface area (Å²) >= 11 is 1.51. The Labute approximate surface area is 181 Å². The van der Waals surface area contributed by atoms with E-state index in [0.29, 0.717) is 10.9 Å². The van der Waals surface area contributed by atoms with Crippen molar-refractivity contribution >= 4 is 22.6 Å². The van der Waals surface area contributed by atoms with Crippen LogP contribution in [0.4, 0.5) is 4.39 Å². The van der Waals surface area contributed by atoms with Crippen molar-refractivity contribution < 1.29 is 8.60 Å². The molecular weight excluding hydrogens is 417 g/mol. The van der Waals surface area contributed by atoms with Gasteiger partial charge in [0.25, 0.3) is 0 Å². The summed E-state index contributed by atoms with van der Waals surface area (Å²) < 4.78 is 25.1. The molecule has 0 amide bonds. The fraction of sp³-hybridized carbons (Fsp3) is 0.0870. The van der Waals surface area contributed by atoms with Crippen molar-refractivity contribution in [3.05, 3.63) is 90.6 Å². The van der Waals surface area contributed by atoms with Crippen LogP contribution >= 0.6 is 11.8 Å². The molecule has 4 rings (SSSR count). The van der Waals surface area contributed by atoms with Crippen LogP contribution in [0.2, 0.25) is 0 Å². The Morgan fingerprint density at radius 1 is 1.00 bits per heavy atom. The molecule has 2 aromatic carbocycles. The monoisotopic (exact) mass is 435 g/mol. The first kappa shape index (κ1) is 20.4. The van der Waals surface area contributed by atoms with Crippen molar-refractivity contribution in [3.63, 3.8) is 0 Å². The summed E-state index contributed by atoms with van der Waals surface area (Å²) in [6, 6.07) is 17.8. The standard InChI is InChI=1S/C23H18FN3OS2/c1-30(28)20-4-2-3-16(13-20)15-29-23-26-14-21(17-5-7-19(24)8-6-17)22(27-23)18-9-11-25-12-10-18/h2-14H,15H2,1H3. The molecule has 4 nitrogen and oxygen atoms in total. The van der Waals surface area contributed by atoms with Crippen LogP contribution < -0.4 is 0 Å². The summed E-state index contributed by atoms with van der Waals surface area (Å²) in [6.07, 6.45) is 6.88. The Morgan fingerprint density at radius 3 is 2.50 bits per heavy atom. The molecule has 2 aromatic heterocycles. The molecular formula is C23H18FN3OS2. The second kappa shape index (κ2) is 9.28. The molecule has 0 saturated heterocycles. The van der Waals surface area contributed by atoms with Gasteiger partial charge < -0.3 is 0 Å². The van der Waals surface area contributed by atoms with E-state index in [1.54, 1.807) is 37.0 Å². The van der Waals surface area contributed by atoms with Crippen molar-refractivity contribution in [2.75, 3.05) is 6.26 Å². The Bertz CT molecular complexity index is 1180. The van der Waals surface area contributed by atoms with Gasteiger partial charge in [-0.1, -0.05) is 36.0 Å². The minimum absolute atomic E-state index is 0.285. The Morgan fingerprint density at radius 2 is 1.77 bits per heavy atom. The second-order valence-corrected chi connectivity index (χ2v) is 8.87. The van der Waals surface area contributed by atoms with Gasteiger partial charge in [-0.05, 0) is 47.5 Å². The number of aromatic nitrogens is 3. The van der Waals surface area contributed by atoms with Gasteiger partial charge >= 0.3 is 0 Å². The molecule has 0 aliphatic rings. The molecule has 0 fully saturated rings. The average molecular weight is 436 g/mol. The van der Waals surface area contributed by atoms with Crippen LogP contribution in [-0.2, 0) is 16.6 Å². The van der Waals surface area contributed by atoms with Gasteiger partial charge in [0.2, 0.25) is 0 Å². The van der Waals surface area contributed by atoms with E-state index in [2.05, 4.69) is 9.97 Å². The van der Waals surface area contributed by atoms with Crippen LogP contribution in [0, 0.1) is 5.82 Å². The molecule has 30 heavy (non-hydrogen) atoms. The van der Waals surface area contributed by atoms with E-state index in [1.165, 1.54) is 23.9 Å². The predicted molar refractivity (Wildman–Crippen MR) is 119 cm³/mol. The van der Waals surface area contributed by atoms with Gasteiger partial charge in [0.05, 0.1) is 5.69 Å². The molecule has 1 unspecified atom stereocenters. The predicted octanol–water partition coefficient (Wildman–Crippen LogP) is 5.37. The van der Waals surface area contributed by atoms with Crippen LogP contribution in [0.5, 0.6) is 0 Å². The maximum absolute atomic E-state index is 13.4. The topological polar surface area (TPSA) is 55.7 Å². The highest BCUT2D eigenvalue weighted by atomic mass is 32.2. The highest BCUT2D eigenvalue weighted by molar-refractivity contribution is 7.98. The largest absolute Gasteiger partial charge is 0.265 e. The number of nitrogens with zero attached hydrogens (tertiary/aromatic N) is 3. The van der Waals surface area contributed by atoms with Gasteiger partial charge in [-0.15, -0.1) is 0 Å². The zero-order chi connectivity index (χ0) is 20.9. The molecule has 0 saturated carbocycles. The number of hydrogen-bond acceptors (Lipinski definition) is 5. The zero-order valence-electron chi connectivity index (χ0n) is 16.2. The van der Waals surface area contributed by atoms with Crippen molar-refractivity contribution in [2.45, 2.75) is 15.8 Å². The van der Waals surface area contributed by atoms with Crippen LogP contribution in [0.15, 0.2) is 89.3 Å². The fourth-order valence-electron chi connectivity index (χ4n) is 2.97. The smallest absolute Gasteiger partial charge is 0.188 e. The first-order valence-electron chi connectivity index (χ1n) is 9.19. The van der Waals surface area contributed by atoms with E-state index in [0.717, 1.165) is 32.8 Å². The summed E-state index contributed by atoms with van der Waals surface area (Å²) in [5.41, 5.74) is 4.41. The van der Waals surface area contributed by atoms with Gasteiger partial charge in [0, 0.05) is 57.4 Å². The highest BCUT2D eigenvalue weighted by Gasteiger charge is 2.13. The molecule has 0 aliphatic carbocycles. The second-order valence-electron chi connectivity index (χ2n) is 6.55. The summed E-state index contributed by atoms with van der Waals surface area (Å²) in [7, 11) is -1.02.